The van der Waals surface area contributed by atoms with Crippen molar-refractivity contribution in [3.05, 3.63) is 42.5 Å². The van der Waals surface area contributed by atoms with Crippen LogP contribution in [0.2, 0.25) is 0 Å². The highest BCUT2D eigenvalue weighted by molar-refractivity contribution is 7.99. The van der Waals surface area contributed by atoms with Gasteiger partial charge >= 0.3 is 21.3 Å². The monoisotopic (exact) mass is 406 g/mol. The van der Waals surface area contributed by atoms with Gasteiger partial charge in [-0.3, -0.25) is 4.55 Å². The van der Waals surface area contributed by atoms with Crippen molar-refractivity contribution in [1.82, 2.24) is 0 Å². The average molecular weight is 406 g/mol. The molecule has 0 atom stereocenters. The van der Waals surface area contributed by atoms with E-state index in [0.29, 0.717) is 18.1 Å². The number of alkyl halides is 2. The molecule has 6 nitrogen and oxygen atoms in total. The molecule has 0 radical (unpaired) electrons. The minimum Gasteiger partial charge on any atom is -0.493 e. The van der Waals surface area contributed by atoms with Crippen molar-refractivity contribution in [2.75, 3.05) is 24.7 Å². The first kappa shape index (κ1) is 20.4. The van der Waals surface area contributed by atoms with Crippen LogP contribution >= 0.6 is 11.8 Å². The molecule has 0 aliphatic carbocycles. The van der Waals surface area contributed by atoms with E-state index in [-0.39, 0.29) is 5.75 Å². The second kappa shape index (κ2) is 8.65. The van der Waals surface area contributed by atoms with Crippen molar-refractivity contribution < 1.29 is 36.0 Å². The Morgan fingerprint density at radius 1 is 1.08 bits per heavy atom. The first-order valence-corrected chi connectivity index (χ1v) is 10.0. The highest BCUT2D eigenvalue weighted by Crippen LogP contribution is 2.22. The van der Waals surface area contributed by atoms with Gasteiger partial charge in [-0.15, -0.1) is 0 Å². The van der Waals surface area contributed by atoms with Crippen molar-refractivity contribution >= 4 is 38.6 Å². The number of hydrogen-bond acceptors (Lipinski definition) is 6. The van der Waals surface area contributed by atoms with Crippen LogP contribution in [0.15, 0.2) is 42.5 Å². The van der Waals surface area contributed by atoms with Crippen LogP contribution in [-0.4, -0.2) is 48.9 Å². The third-order valence-electron chi connectivity index (χ3n) is 3.24. The van der Waals surface area contributed by atoms with Crippen molar-refractivity contribution in [2.24, 2.45) is 0 Å². The summed E-state index contributed by atoms with van der Waals surface area (Å²) in [6, 6.07) is 13.5. The van der Waals surface area contributed by atoms with Crippen molar-refractivity contribution in [2.45, 2.75) is 5.25 Å². The second-order valence-corrected chi connectivity index (χ2v) is 7.79. The van der Waals surface area contributed by atoms with E-state index in [1.54, 1.807) is 0 Å². The maximum atomic E-state index is 12.9. The third kappa shape index (κ3) is 5.29. The molecule has 0 fully saturated rings. The highest BCUT2D eigenvalue weighted by atomic mass is 32.2. The predicted octanol–water partition coefficient (Wildman–Crippen LogP) is 2.98. The fourth-order valence-corrected chi connectivity index (χ4v) is 2.84. The zero-order valence-electron chi connectivity index (χ0n) is 13.4. The number of benzene rings is 2. The average Bonchev–Trinajstić information content (AvgIpc) is 2.59. The van der Waals surface area contributed by atoms with E-state index in [0.717, 1.165) is 10.8 Å². The van der Waals surface area contributed by atoms with Crippen LogP contribution in [0.1, 0.15) is 0 Å². The van der Waals surface area contributed by atoms with Crippen LogP contribution in [0.25, 0.3) is 10.8 Å². The molecule has 0 spiro atoms. The molecule has 0 aliphatic rings. The van der Waals surface area contributed by atoms with E-state index in [2.05, 4.69) is 4.74 Å². The minimum absolute atomic E-state index is 0.175. The summed E-state index contributed by atoms with van der Waals surface area (Å²) in [6.07, 6.45) is 0. The van der Waals surface area contributed by atoms with Gasteiger partial charge in [-0.1, -0.05) is 30.3 Å². The number of halogens is 2. The number of hydrogen-bond donors (Lipinski definition) is 1. The van der Waals surface area contributed by atoms with E-state index in [1.807, 2.05) is 42.5 Å². The summed E-state index contributed by atoms with van der Waals surface area (Å²) < 4.78 is 64.6. The van der Waals surface area contributed by atoms with Crippen LogP contribution in [0, 0.1) is 0 Å². The maximum absolute atomic E-state index is 12.9. The van der Waals surface area contributed by atoms with Gasteiger partial charge in [0.2, 0.25) is 0 Å². The molecule has 0 unspecified atom stereocenters. The van der Waals surface area contributed by atoms with Gasteiger partial charge in [0.25, 0.3) is 0 Å². The van der Waals surface area contributed by atoms with Gasteiger partial charge in [0.05, 0.1) is 6.61 Å². The first-order chi connectivity index (χ1) is 12.2. The van der Waals surface area contributed by atoms with Crippen LogP contribution in [0.5, 0.6) is 5.75 Å². The van der Waals surface area contributed by atoms with Crippen LogP contribution in [0.3, 0.4) is 0 Å². The number of esters is 1. The number of thioether (sulfide) groups is 1. The van der Waals surface area contributed by atoms with Gasteiger partial charge in [-0.25, -0.2) is 4.79 Å². The molecular formula is C16H16F2O6S2. The summed E-state index contributed by atoms with van der Waals surface area (Å²) in [4.78, 5) is 10.9. The van der Waals surface area contributed by atoms with E-state index < -0.39 is 27.9 Å². The molecule has 0 amide bonds. The fourth-order valence-electron chi connectivity index (χ4n) is 1.96. The smallest absolute Gasteiger partial charge is 0.465 e. The van der Waals surface area contributed by atoms with Crippen molar-refractivity contribution in [1.29, 1.82) is 0 Å². The second-order valence-electron chi connectivity index (χ2n) is 5.10. The van der Waals surface area contributed by atoms with Gasteiger partial charge in [0.1, 0.15) is 12.4 Å². The van der Waals surface area contributed by atoms with Crippen molar-refractivity contribution in [3.63, 3.8) is 0 Å². The number of carbonyl (C=O) groups is 1. The molecule has 1 N–H and O–H groups in total. The Hall–Kier alpha value is -1.91. The number of fused-ring (bicyclic) bond motifs is 1. The van der Waals surface area contributed by atoms with Gasteiger partial charge in [-0.2, -0.15) is 29.0 Å². The zero-order valence-corrected chi connectivity index (χ0v) is 15.1. The predicted molar refractivity (Wildman–Crippen MR) is 94.2 cm³/mol. The lowest BCUT2D eigenvalue weighted by molar-refractivity contribution is -0.160. The topological polar surface area (TPSA) is 89.9 Å². The standard InChI is InChI=1S/C16H16F2O6S2/c17-16(18,26(20,21)22)15(19)24-8-10-25-9-7-23-14-6-5-12-3-1-2-4-13(12)11-14/h1-6,11H,7-10H2,(H,20,21,22). The largest absolute Gasteiger partial charge is 0.493 e. The van der Waals surface area contributed by atoms with Gasteiger partial charge in [-0.05, 0) is 22.9 Å². The van der Waals surface area contributed by atoms with E-state index in [4.69, 9.17) is 9.29 Å². The minimum atomic E-state index is -5.83. The molecule has 0 bridgehead atoms. The Morgan fingerprint density at radius 3 is 2.42 bits per heavy atom. The summed E-state index contributed by atoms with van der Waals surface area (Å²) in [7, 11) is -5.83. The molecule has 0 heterocycles. The summed E-state index contributed by atoms with van der Waals surface area (Å²) in [5, 5.41) is -2.82. The highest BCUT2D eigenvalue weighted by Gasteiger charge is 2.54. The maximum Gasteiger partial charge on any atom is 0.465 e. The normalized spacial score (nSPS) is 12.1. The molecule has 26 heavy (non-hydrogen) atoms. The van der Waals surface area contributed by atoms with E-state index in [9.17, 15) is 22.0 Å². The Morgan fingerprint density at radius 2 is 1.73 bits per heavy atom. The molecule has 0 saturated heterocycles. The van der Waals surface area contributed by atoms with E-state index >= 15 is 0 Å². The summed E-state index contributed by atoms with van der Waals surface area (Å²) in [5.74, 6) is -0.912. The number of carbonyl (C=O) groups excluding carboxylic acids is 1. The van der Waals surface area contributed by atoms with Crippen LogP contribution in [0.4, 0.5) is 8.78 Å². The lowest BCUT2D eigenvalue weighted by Gasteiger charge is -2.12. The van der Waals surface area contributed by atoms with Gasteiger partial charge in [0, 0.05) is 11.5 Å². The molecule has 142 valence electrons. The van der Waals surface area contributed by atoms with Crippen LogP contribution in [-0.2, 0) is 19.6 Å². The lowest BCUT2D eigenvalue weighted by Crippen LogP contribution is -2.39. The summed E-state index contributed by atoms with van der Waals surface area (Å²) in [5.41, 5.74) is 0. The molecule has 0 saturated carbocycles. The fraction of sp³-hybridized carbons (Fsp3) is 0.312. The first-order valence-electron chi connectivity index (χ1n) is 7.43. The molecule has 10 heteroatoms. The molecular weight excluding hydrogens is 390 g/mol. The molecule has 2 rings (SSSR count). The molecule has 0 aromatic heterocycles. The Bertz CT molecular complexity index is 870. The van der Waals surface area contributed by atoms with E-state index in [1.165, 1.54) is 11.8 Å². The third-order valence-corrected chi connectivity index (χ3v) is 4.97. The zero-order chi connectivity index (χ0) is 19.2. The number of ether oxygens (including phenoxy) is 2. The molecule has 2 aromatic rings. The quantitative estimate of drug-likeness (QED) is 0.389. The Labute approximate surface area is 153 Å². The molecule has 0 aliphatic heterocycles. The lowest BCUT2D eigenvalue weighted by atomic mass is 10.1. The van der Waals surface area contributed by atoms with Crippen LogP contribution < -0.4 is 4.74 Å². The Balaban J connectivity index is 1.65. The van der Waals surface area contributed by atoms with Gasteiger partial charge < -0.3 is 9.47 Å². The Kier molecular flexibility index (Phi) is 6.79. The molecule has 2 aromatic carbocycles. The SMILES string of the molecule is O=C(OCCSCCOc1ccc2ccccc2c1)C(F)(F)S(=O)(=O)O. The van der Waals surface area contributed by atoms with Gasteiger partial charge in [0.15, 0.2) is 0 Å². The summed E-state index contributed by atoms with van der Waals surface area (Å²) >= 11 is 1.28. The van der Waals surface area contributed by atoms with Crippen molar-refractivity contribution in [3.8, 4) is 5.75 Å². The summed E-state index contributed by atoms with van der Waals surface area (Å²) in [6.45, 7) is -0.0529. The number of rotatable bonds is 9.